The van der Waals surface area contributed by atoms with Crippen LogP contribution in [0.2, 0.25) is 0 Å². The monoisotopic (exact) mass is 980 g/mol. The molecule has 0 aromatic carbocycles. The van der Waals surface area contributed by atoms with Crippen LogP contribution in [0, 0.1) is 0 Å². The Morgan fingerprint density at radius 2 is 0.943 bits per heavy atom. The first kappa shape index (κ1) is 56.5. The number of aromatic nitrogens is 4. The molecule has 1 saturated heterocycles. The maximum Gasteiger partial charge on any atom is 0.283 e. The van der Waals surface area contributed by atoms with Crippen molar-refractivity contribution in [2.75, 3.05) is 98.5 Å². The molecule has 1 unspecified atom stereocenters. The van der Waals surface area contributed by atoms with Gasteiger partial charge < -0.3 is 40.4 Å². The van der Waals surface area contributed by atoms with Gasteiger partial charge in [-0.1, -0.05) is 57.2 Å². The second-order valence-electron chi connectivity index (χ2n) is 16.6. The summed E-state index contributed by atoms with van der Waals surface area (Å²) in [7, 11) is 0. The summed E-state index contributed by atoms with van der Waals surface area (Å²) in [5.74, 6) is -0.264. The van der Waals surface area contributed by atoms with Crippen molar-refractivity contribution in [1.29, 1.82) is 0 Å². The summed E-state index contributed by atoms with van der Waals surface area (Å²) in [6.45, 7) is 16.2. The number of rotatable bonds is 24. The molecular formula is C49H73N9O12. The van der Waals surface area contributed by atoms with Crippen molar-refractivity contribution < 1.29 is 39.8 Å². The van der Waals surface area contributed by atoms with E-state index in [2.05, 4.69) is 23.7 Å². The molecule has 0 saturated carbocycles. The fourth-order valence-corrected chi connectivity index (χ4v) is 7.78. The van der Waals surface area contributed by atoms with Crippen LogP contribution >= 0.6 is 0 Å². The normalized spacial score (nSPS) is 15.0. The van der Waals surface area contributed by atoms with Crippen LogP contribution in [0.25, 0.3) is 0 Å². The number of hydrogen-bond acceptors (Lipinski definition) is 16. The molecule has 0 spiro atoms. The lowest BCUT2D eigenvalue weighted by atomic mass is 10.0. The lowest BCUT2D eigenvalue weighted by Gasteiger charge is -2.37. The van der Waals surface area contributed by atoms with Gasteiger partial charge in [-0.15, -0.1) is 0 Å². The smallest absolute Gasteiger partial charge is 0.283 e. The highest BCUT2D eigenvalue weighted by molar-refractivity contribution is 5.75. The molecule has 1 aliphatic rings. The van der Waals surface area contributed by atoms with E-state index >= 15 is 0 Å². The Balaban J connectivity index is 0.00000526. The molecule has 4 aromatic heterocycles. The average molecular weight is 980 g/mol. The van der Waals surface area contributed by atoms with E-state index < -0.39 is 28.3 Å². The highest BCUT2D eigenvalue weighted by Crippen LogP contribution is 2.26. The Morgan fingerprint density at radius 1 is 0.557 bits per heavy atom. The van der Waals surface area contributed by atoms with Crippen LogP contribution in [0.15, 0.2) is 104 Å². The summed E-state index contributed by atoms with van der Waals surface area (Å²) in [5.41, 5.74) is 0.0274. The van der Waals surface area contributed by atoms with Gasteiger partial charge in [-0.2, -0.15) is 18.9 Å². The van der Waals surface area contributed by atoms with Gasteiger partial charge in [0.1, 0.15) is 0 Å². The first-order valence-corrected chi connectivity index (χ1v) is 24.0. The Kier molecular flexibility index (Phi) is 24.6. The van der Waals surface area contributed by atoms with Crippen LogP contribution in [0.3, 0.4) is 0 Å². The topological polar surface area (TPSA) is 239 Å². The van der Waals surface area contributed by atoms with Gasteiger partial charge in [0.15, 0.2) is 0 Å². The Bertz CT molecular complexity index is 2380. The lowest BCUT2D eigenvalue weighted by molar-refractivity contribution is -0.121. The van der Waals surface area contributed by atoms with E-state index in [4.69, 9.17) is 14.2 Å². The molecule has 5 heterocycles. The zero-order chi connectivity index (χ0) is 50.8. The third-order valence-corrected chi connectivity index (χ3v) is 11.9. The van der Waals surface area contributed by atoms with Gasteiger partial charge in [-0.3, -0.25) is 43.6 Å². The predicted molar refractivity (Wildman–Crippen MR) is 262 cm³/mol. The largest absolute Gasteiger partial charge is 0.425 e. The first-order valence-electron chi connectivity index (χ1n) is 24.0. The van der Waals surface area contributed by atoms with Gasteiger partial charge in [0.05, 0.1) is 68.5 Å². The molecule has 70 heavy (non-hydrogen) atoms. The Labute approximate surface area is 408 Å². The molecule has 5 rings (SSSR count). The summed E-state index contributed by atoms with van der Waals surface area (Å²) < 4.78 is 19.2. The van der Waals surface area contributed by atoms with Gasteiger partial charge in [-0.05, 0) is 43.5 Å². The van der Waals surface area contributed by atoms with Gasteiger partial charge in [0, 0.05) is 109 Å². The van der Waals surface area contributed by atoms with E-state index in [1.54, 1.807) is 48.5 Å². The minimum absolute atomic E-state index is 0.0262. The number of nitrogens with one attached hydrogen (secondary N) is 1. The van der Waals surface area contributed by atoms with E-state index in [0.717, 1.165) is 18.4 Å². The number of nitrogens with zero attached hydrogens (tertiary/aromatic N) is 8. The molecule has 5 N–H and O–H groups in total. The molecule has 1 amide bonds. The molecule has 0 aliphatic carbocycles. The molecule has 0 radical (unpaired) electrons. The van der Waals surface area contributed by atoms with E-state index in [0.29, 0.717) is 121 Å². The highest BCUT2D eigenvalue weighted by atomic mass is 16.5. The van der Waals surface area contributed by atoms with Crippen molar-refractivity contribution in [2.24, 2.45) is 0 Å². The average Bonchev–Trinajstić information content (AvgIpc) is 3.35. The minimum atomic E-state index is -0.675. The summed E-state index contributed by atoms with van der Waals surface area (Å²) in [6, 6.07) is 17.1. The van der Waals surface area contributed by atoms with E-state index in [-0.39, 0.29) is 57.2 Å². The maximum atomic E-state index is 13.4. The predicted octanol–water partition coefficient (Wildman–Crippen LogP) is 2.47. The van der Waals surface area contributed by atoms with Crippen molar-refractivity contribution in [2.45, 2.75) is 72.1 Å². The van der Waals surface area contributed by atoms with Crippen LogP contribution in [-0.4, -0.2) is 164 Å². The second-order valence-corrected chi connectivity index (χ2v) is 16.6. The molecule has 21 nitrogen and oxygen atoms in total. The van der Waals surface area contributed by atoms with E-state index in [9.17, 15) is 44.8 Å². The molecule has 1 aliphatic heterocycles. The van der Waals surface area contributed by atoms with E-state index in [1.165, 1.54) is 24.3 Å². The van der Waals surface area contributed by atoms with Gasteiger partial charge in [-0.25, -0.2) is 0 Å². The summed E-state index contributed by atoms with van der Waals surface area (Å²) >= 11 is 0. The second kappa shape index (κ2) is 30.5. The zero-order valence-electron chi connectivity index (χ0n) is 40.9. The Hall–Kier alpha value is -6.07. The zero-order valence-corrected chi connectivity index (χ0v) is 40.9. The molecule has 0 bridgehead atoms. The quantitative estimate of drug-likeness (QED) is 0.0385. The molecule has 21 heteroatoms. The van der Waals surface area contributed by atoms with Crippen LogP contribution < -0.4 is 27.6 Å². The number of ether oxygens (including phenoxy) is 3. The number of pyridine rings is 4. The van der Waals surface area contributed by atoms with Crippen LogP contribution in [0.4, 0.5) is 0 Å². The fourth-order valence-electron chi connectivity index (χ4n) is 7.78. The molecule has 1 fully saturated rings. The van der Waals surface area contributed by atoms with Crippen molar-refractivity contribution in [3.05, 3.63) is 149 Å². The molecule has 1 atom stereocenters. The summed E-state index contributed by atoms with van der Waals surface area (Å²) in [5, 5.41) is 46.1. The van der Waals surface area contributed by atoms with E-state index in [1.807, 2.05) is 28.5 Å². The SMILES string of the molecule is C=C(CC)CCOCCOCCOCCNC(=O)CCC(c1cccc(=O)n1O)N1CCN(Cc2cccc(=O)n2O)CCN(Cc2cccc(=O)n2O)CCN(Cc2cccc(=O)n2O)CC1.CC. The summed E-state index contributed by atoms with van der Waals surface area (Å²) in [6.07, 6.45) is 1.97. The lowest BCUT2D eigenvalue weighted by Crippen LogP contribution is -2.47. The molecule has 4 aromatic rings. The van der Waals surface area contributed by atoms with Gasteiger partial charge >= 0.3 is 0 Å². The van der Waals surface area contributed by atoms with Gasteiger partial charge in [0.2, 0.25) is 5.91 Å². The van der Waals surface area contributed by atoms with Gasteiger partial charge in [0.25, 0.3) is 22.2 Å². The minimum Gasteiger partial charge on any atom is -0.425 e. The maximum absolute atomic E-state index is 13.4. The standard InChI is InChI=1S/C47H67N9O12.C2H6/c1-3-37(2)18-28-66-30-32-68-33-31-67-29-19-48-43(57)17-16-41(42-11-7-15-47(61)56(42)65)52-26-24-50(35-39-9-5-13-45(59)54(39)63)22-20-49(34-38-8-4-12-44(58)53(38)62)21-23-51(25-27-52)36-40-10-6-14-46(60)55(40)64;1-2/h4-15,41,62-65H,2-3,16-36H2,1H3,(H,48,57);1-2H3. The Morgan fingerprint density at radius 3 is 1.39 bits per heavy atom. The van der Waals surface area contributed by atoms with Crippen molar-refractivity contribution in [3.8, 4) is 0 Å². The van der Waals surface area contributed by atoms with Crippen molar-refractivity contribution in [1.82, 2.24) is 43.8 Å². The third kappa shape index (κ3) is 18.4. The third-order valence-electron chi connectivity index (χ3n) is 11.9. The summed E-state index contributed by atoms with van der Waals surface area (Å²) in [4.78, 5) is 71.8. The number of carbonyl (C=O) groups is 1. The molecule has 386 valence electrons. The fraction of sp³-hybridized carbons (Fsp3) is 0.531. The number of hydrogen-bond donors (Lipinski definition) is 5. The number of carbonyl (C=O) groups excluding carboxylic acids is 1. The highest BCUT2D eigenvalue weighted by Gasteiger charge is 2.28. The number of amides is 1. The van der Waals surface area contributed by atoms with Crippen LogP contribution in [-0.2, 0) is 38.6 Å². The first-order chi connectivity index (χ1) is 33.8. The van der Waals surface area contributed by atoms with Crippen LogP contribution in [0.5, 0.6) is 0 Å². The van der Waals surface area contributed by atoms with Crippen LogP contribution in [0.1, 0.15) is 75.3 Å². The van der Waals surface area contributed by atoms with Crippen molar-refractivity contribution >= 4 is 5.91 Å². The van der Waals surface area contributed by atoms with Crippen molar-refractivity contribution in [3.63, 3.8) is 0 Å². The molecular weight excluding hydrogens is 907 g/mol.